The molecular weight excluding hydrogens is 553 g/mol. The van der Waals surface area contributed by atoms with Gasteiger partial charge >= 0.3 is 0 Å². The molecule has 0 fully saturated rings. The van der Waals surface area contributed by atoms with Gasteiger partial charge in [-0.2, -0.15) is 0 Å². The second-order valence-corrected chi connectivity index (χ2v) is 20.2. The van der Waals surface area contributed by atoms with E-state index < -0.39 is 0 Å². The Labute approximate surface area is 207 Å². The molecule has 0 radical (unpaired) electrons. The fraction of sp³-hybridized carbons (Fsp3) is 0.571. The maximum Gasteiger partial charge on any atom is 0.0825 e. The first-order valence-corrected chi connectivity index (χ1v) is 19.3. The molecule has 0 aliphatic carbocycles. The molecule has 0 amide bonds. The van der Waals surface area contributed by atoms with E-state index in [1.54, 1.807) is 8.47 Å². The molecule has 4 aliphatic rings. The van der Waals surface area contributed by atoms with Crippen LogP contribution in [0.4, 0.5) is 0 Å². The smallest absolute Gasteiger partial charge is 0.0825 e. The quantitative estimate of drug-likeness (QED) is 0.317. The molecule has 0 bridgehead atoms. The lowest BCUT2D eigenvalue weighted by molar-refractivity contribution is 1.34. The molecule has 4 rings (SSSR count). The molecule has 0 spiro atoms. The van der Waals surface area contributed by atoms with Gasteiger partial charge < -0.3 is 0 Å². The largest absolute Gasteiger partial charge is 0.121 e. The highest BCUT2D eigenvalue weighted by Gasteiger charge is 2.45. The van der Waals surface area contributed by atoms with Gasteiger partial charge in [0.25, 0.3) is 0 Å². The fourth-order valence-electron chi connectivity index (χ4n) is 2.35. The summed E-state index contributed by atoms with van der Waals surface area (Å²) in [6.45, 7) is 0. The van der Waals surface area contributed by atoms with Gasteiger partial charge in [0.2, 0.25) is 0 Å². The van der Waals surface area contributed by atoms with Gasteiger partial charge in [-0.25, -0.2) is 0 Å². The molecule has 0 saturated heterocycles. The highest BCUT2D eigenvalue weighted by atomic mass is 32.3. The first kappa shape index (κ1) is 22.6. The van der Waals surface area contributed by atoms with Crippen molar-refractivity contribution in [3.63, 3.8) is 0 Å². The van der Waals surface area contributed by atoms with Gasteiger partial charge in [-0.3, -0.25) is 0 Å². The van der Waals surface area contributed by atoms with Gasteiger partial charge in [0, 0.05) is 0 Å². The molecule has 0 saturated carbocycles. The number of hydrogen-bond donors (Lipinski definition) is 0. The summed E-state index contributed by atoms with van der Waals surface area (Å²) >= 11 is 24.6. The summed E-state index contributed by atoms with van der Waals surface area (Å²) < 4.78 is 11.8. The topological polar surface area (TPSA) is 0 Å². The molecule has 144 valence electrons. The zero-order chi connectivity index (χ0) is 18.3. The van der Waals surface area contributed by atoms with Crippen LogP contribution in [-0.2, 0) is 0 Å². The lowest BCUT2D eigenvalue weighted by Crippen LogP contribution is -2.25. The second-order valence-electron chi connectivity index (χ2n) is 4.96. The maximum atomic E-state index is 2.22. The van der Waals surface area contributed by atoms with Crippen molar-refractivity contribution in [3.8, 4) is 0 Å². The van der Waals surface area contributed by atoms with Crippen molar-refractivity contribution < 1.29 is 0 Å². The van der Waals surface area contributed by atoms with Crippen LogP contribution in [0.15, 0.2) is 25.4 Å². The van der Waals surface area contributed by atoms with Crippen molar-refractivity contribution >= 4 is 141 Å². The summed E-state index contributed by atoms with van der Waals surface area (Å²) in [6.07, 6.45) is 8.87. The molecule has 0 aromatic rings. The fourth-order valence-corrected chi connectivity index (χ4v) is 22.4. The Kier molecular flexibility index (Phi) is 9.01. The third-order valence-corrected chi connectivity index (χ3v) is 22.7. The predicted molar refractivity (Wildman–Crippen MR) is 151 cm³/mol. The van der Waals surface area contributed by atoms with Crippen LogP contribution in [0.1, 0.15) is 0 Å². The van der Waals surface area contributed by atoms with Gasteiger partial charge in [0.1, 0.15) is 0 Å². The van der Waals surface area contributed by atoms with E-state index >= 15 is 0 Å². The second kappa shape index (κ2) is 10.4. The van der Waals surface area contributed by atoms with Gasteiger partial charge in [-0.1, -0.05) is 0 Å². The minimum absolute atomic E-state index is 0.644. The van der Waals surface area contributed by atoms with E-state index in [-0.39, 0.29) is 0 Å². The first-order chi connectivity index (χ1) is 12.7. The van der Waals surface area contributed by atoms with Crippen LogP contribution in [0, 0.1) is 0 Å². The number of thioether (sulfide) groups is 12. The molecule has 4 atom stereocenters. The molecule has 12 heteroatoms. The highest BCUT2D eigenvalue weighted by Crippen LogP contribution is 2.70. The lowest BCUT2D eigenvalue weighted by Gasteiger charge is -2.42. The summed E-state index contributed by atoms with van der Waals surface area (Å²) in [7, 11) is 0. The van der Waals surface area contributed by atoms with Crippen molar-refractivity contribution in [2.75, 3.05) is 25.0 Å². The van der Waals surface area contributed by atoms with E-state index in [1.807, 2.05) is 47.0 Å². The SMILES string of the molecule is CSC1=C(SC)SC2SC3=C(SC2S1)SC1SC(SC)=C(SC)SC1S3. The Hall–Kier alpha value is 3.42. The molecule has 0 aromatic heterocycles. The van der Waals surface area contributed by atoms with Gasteiger partial charge in [-0.05, 0) is 25.0 Å². The van der Waals surface area contributed by atoms with Crippen LogP contribution in [0.2, 0.25) is 0 Å². The molecule has 4 heterocycles. The monoisotopic (exact) mass is 568 g/mol. The summed E-state index contributed by atoms with van der Waals surface area (Å²) in [5.41, 5.74) is 0. The number of fused-ring (bicyclic) bond motifs is 2. The molecule has 4 unspecified atom stereocenters. The average molecular weight is 569 g/mol. The normalized spacial score (nSPS) is 34.6. The third kappa shape index (κ3) is 4.76. The summed E-state index contributed by atoms with van der Waals surface area (Å²) in [4.78, 5) is 0. The van der Waals surface area contributed by atoms with Crippen molar-refractivity contribution in [2.45, 2.75) is 18.3 Å². The molecule has 0 N–H and O–H groups in total. The van der Waals surface area contributed by atoms with Crippen LogP contribution in [0.3, 0.4) is 0 Å². The van der Waals surface area contributed by atoms with E-state index in [0.29, 0.717) is 18.3 Å². The maximum absolute atomic E-state index is 2.22. The van der Waals surface area contributed by atoms with E-state index in [0.717, 1.165) is 0 Å². The Morgan fingerprint density at radius 1 is 0.423 bits per heavy atom. The van der Waals surface area contributed by atoms with E-state index in [9.17, 15) is 0 Å². The Morgan fingerprint density at radius 2 is 0.654 bits per heavy atom. The van der Waals surface area contributed by atoms with Crippen molar-refractivity contribution in [1.29, 1.82) is 0 Å². The first-order valence-electron chi connectivity index (χ1n) is 7.38. The standard InChI is InChI=1S/C14H16S12/c1-15-5-6(16-2)20-10-9(19-5)23-13-14(24-10)26-12-11(25-13)21-7(17-3)8(18-4)22-12/h9-12H,1-4H3. The van der Waals surface area contributed by atoms with Crippen LogP contribution in [0.5, 0.6) is 0 Å². The Bertz CT molecular complexity index is 559. The van der Waals surface area contributed by atoms with Crippen molar-refractivity contribution in [2.24, 2.45) is 0 Å². The van der Waals surface area contributed by atoms with E-state index in [1.165, 1.54) is 16.9 Å². The zero-order valence-electron chi connectivity index (χ0n) is 14.2. The molecule has 26 heavy (non-hydrogen) atoms. The van der Waals surface area contributed by atoms with Crippen molar-refractivity contribution in [3.05, 3.63) is 25.4 Å². The summed E-state index contributed by atoms with van der Waals surface area (Å²) in [5, 5.41) is 0. The van der Waals surface area contributed by atoms with Crippen LogP contribution >= 0.6 is 141 Å². The van der Waals surface area contributed by atoms with Crippen molar-refractivity contribution in [1.82, 2.24) is 0 Å². The minimum atomic E-state index is 0.644. The highest BCUT2D eigenvalue weighted by molar-refractivity contribution is 8.46. The van der Waals surface area contributed by atoms with Gasteiger partial charge in [0.05, 0.1) is 43.8 Å². The number of rotatable bonds is 4. The molecule has 0 aromatic carbocycles. The molecule has 4 aliphatic heterocycles. The van der Waals surface area contributed by atoms with Gasteiger partial charge in [-0.15, -0.1) is 141 Å². The van der Waals surface area contributed by atoms with Crippen LogP contribution in [0.25, 0.3) is 0 Å². The Balaban J connectivity index is 1.50. The summed E-state index contributed by atoms with van der Waals surface area (Å²) in [5.74, 6) is 0. The van der Waals surface area contributed by atoms with Crippen LogP contribution in [-0.4, -0.2) is 43.4 Å². The third-order valence-electron chi connectivity index (χ3n) is 3.47. The van der Waals surface area contributed by atoms with Gasteiger partial charge in [0.15, 0.2) is 0 Å². The molecular formula is C14H16S12. The van der Waals surface area contributed by atoms with E-state index in [2.05, 4.69) is 119 Å². The predicted octanol–water partition coefficient (Wildman–Crippen LogP) is 9.04. The average Bonchev–Trinajstić information content (AvgIpc) is 2.68. The minimum Gasteiger partial charge on any atom is -0.121 e. The zero-order valence-corrected chi connectivity index (χ0v) is 24.0. The van der Waals surface area contributed by atoms with Crippen LogP contribution < -0.4 is 0 Å². The van der Waals surface area contributed by atoms with E-state index in [4.69, 9.17) is 0 Å². The number of hydrogen-bond acceptors (Lipinski definition) is 12. The summed E-state index contributed by atoms with van der Waals surface area (Å²) in [6, 6.07) is 0. The Morgan fingerprint density at radius 3 is 0.846 bits per heavy atom. The lowest BCUT2D eigenvalue weighted by atomic mass is 10.9. The molecule has 0 nitrogen and oxygen atoms in total.